The first-order valence-corrected chi connectivity index (χ1v) is 7.16. The van der Waals surface area contributed by atoms with E-state index in [1.807, 2.05) is 0 Å². The highest BCUT2D eigenvalue weighted by molar-refractivity contribution is 6.31. The van der Waals surface area contributed by atoms with Crippen LogP contribution in [0.3, 0.4) is 0 Å². The van der Waals surface area contributed by atoms with Crippen LogP contribution in [-0.2, 0) is 20.9 Å². The predicted octanol–water partition coefficient (Wildman–Crippen LogP) is 1.65. The fourth-order valence-corrected chi connectivity index (χ4v) is 2.25. The summed E-state index contributed by atoms with van der Waals surface area (Å²) >= 11 is 5.87. The summed E-state index contributed by atoms with van der Waals surface area (Å²) in [5.74, 6) is -2.65. The topological polar surface area (TPSA) is 89.8 Å². The van der Waals surface area contributed by atoms with Crippen LogP contribution in [0.25, 0.3) is 0 Å². The van der Waals surface area contributed by atoms with Gasteiger partial charge in [-0.25, -0.2) is 4.39 Å². The molecule has 2 atom stereocenters. The fourth-order valence-electron chi connectivity index (χ4n) is 2.03. The average Bonchev–Trinajstić information content (AvgIpc) is 3.29. The zero-order chi connectivity index (χ0) is 17.1. The molecule has 2 unspecified atom stereocenters. The Morgan fingerprint density at radius 3 is 2.78 bits per heavy atom. The number of nitro groups is 1. The normalized spacial score (nSPS) is 19.1. The Kier molecular flexibility index (Phi) is 5.15. The summed E-state index contributed by atoms with van der Waals surface area (Å²) in [7, 11) is 1.41. The molecule has 0 N–H and O–H groups in total. The molecule has 1 aromatic rings. The first kappa shape index (κ1) is 17.1. The maximum absolute atomic E-state index is 13.6. The maximum atomic E-state index is 13.6. The van der Waals surface area contributed by atoms with Crippen molar-refractivity contribution < 1.29 is 23.6 Å². The molecule has 1 aliphatic carbocycles. The van der Waals surface area contributed by atoms with E-state index in [9.17, 15) is 24.1 Å². The minimum Gasteiger partial charge on any atom is -0.455 e. The standard InChI is InChI=1S/C14H14ClFN2O5/c1-17(6-9-10(15)3-2-4-11(9)16)13(19)7-23-14(20)8-5-12(8)18(21)22/h2-4,8,12H,5-7H2,1H3. The molecule has 1 amide bonds. The number of rotatable bonds is 6. The monoisotopic (exact) mass is 344 g/mol. The number of benzene rings is 1. The predicted molar refractivity (Wildman–Crippen MR) is 77.7 cm³/mol. The smallest absolute Gasteiger partial charge is 0.316 e. The lowest BCUT2D eigenvalue weighted by atomic mass is 10.2. The maximum Gasteiger partial charge on any atom is 0.316 e. The molecule has 1 saturated carbocycles. The first-order valence-electron chi connectivity index (χ1n) is 6.78. The van der Waals surface area contributed by atoms with Crippen molar-refractivity contribution in [1.29, 1.82) is 0 Å². The number of esters is 1. The highest BCUT2D eigenvalue weighted by Crippen LogP contribution is 2.34. The molecule has 9 heteroatoms. The van der Waals surface area contributed by atoms with Gasteiger partial charge < -0.3 is 9.64 Å². The second-order valence-electron chi connectivity index (χ2n) is 5.25. The molecule has 1 aromatic carbocycles. The number of hydrogen-bond donors (Lipinski definition) is 0. The van der Waals surface area contributed by atoms with E-state index in [-0.39, 0.29) is 23.6 Å². The number of likely N-dealkylation sites (N-methyl/N-ethyl adjacent to an activating group) is 1. The summed E-state index contributed by atoms with van der Waals surface area (Å²) in [5, 5.41) is 10.7. The Labute approximate surface area is 136 Å². The largest absolute Gasteiger partial charge is 0.455 e. The summed E-state index contributed by atoms with van der Waals surface area (Å²) in [5.41, 5.74) is 0.159. The van der Waals surface area contributed by atoms with Gasteiger partial charge in [-0.05, 0) is 12.1 Å². The number of nitrogens with zero attached hydrogens (tertiary/aromatic N) is 2. The minimum absolute atomic E-state index is 0.0805. The Morgan fingerprint density at radius 1 is 1.52 bits per heavy atom. The van der Waals surface area contributed by atoms with Crippen LogP contribution in [-0.4, -0.2) is 41.4 Å². The van der Waals surface area contributed by atoms with Gasteiger partial charge in [-0.3, -0.25) is 19.7 Å². The van der Waals surface area contributed by atoms with Crippen LogP contribution in [0, 0.1) is 21.8 Å². The summed E-state index contributed by atoms with van der Waals surface area (Å²) in [6.07, 6.45) is 0.126. The van der Waals surface area contributed by atoms with Gasteiger partial charge in [-0.15, -0.1) is 0 Å². The van der Waals surface area contributed by atoms with Crippen molar-refractivity contribution in [2.24, 2.45) is 5.92 Å². The van der Waals surface area contributed by atoms with E-state index in [0.29, 0.717) is 0 Å². The SMILES string of the molecule is CN(Cc1c(F)cccc1Cl)C(=O)COC(=O)C1CC1[N+](=O)[O-]. The van der Waals surface area contributed by atoms with Crippen molar-refractivity contribution in [3.05, 3.63) is 44.7 Å². The van der Waals surface area contributed by atoms with Crippen LogP contribution in [0.15, 0.2) is 18.2 Å². The molecule has 2 rings (SSSR count). The third-order valence-electron chi connectivity index (χ3n) is 3.55. The fraction of sp³-hybridized carbons (Fsp3) is 0.429. The second kappa shape index (κ2) is 6.91. The van der Waals surface area contributed by atoms with Crippen LogP contribution in [0.4, 0.5) is 4.39 Å². The van der Waals surface area contributed by atoms with Crippen molar-refractivity contribution in [2.45, 2.75) is 19.0 Å². The molecule has 0 heterocycles. The lowest BCUT2D eigenvalue weighted by Gasteiger charge is -2.18. The van der Waals surface area contributed by atoms with Gasteiger partial charge in [-0.2, -0.15) is 0 Å². The number of carbonyl (C=O) groups is 2. The van der Waals surface area contributed by atoms with Crippen LogP contribution < -0.4 is 0 Å². The lowest BCUT2D eigenvalue weighted by Crippen LogP contribution is -2.31. The average molecular weight is 345 g/mol. The Bertz CT molecular complexity index is 634. The molecule has 0 bridgehead atoms. The van der Waals surface area contributed by atoms with E-state index in [0.717, 1.165) is 4.90 Å². The Morgan fingerprint density at radius 2 is 2.22 bits per heavy atom. The summed E-state index contributed by atoms with van der Waals surface area (Å²) in [6.45, 7) is -0.634. The second-order valence-corrected chi connectivity index (χ2v) is 5.66. The summed E-state index contributed by atoms with van der Waals surface area (Å²) in [6, 6.07) is 3.26. The van der Waals surface area contributed by atoms with Crippen LogP contribution >= 0.6 is 11.6 Å². The Hall–Kier alpha value is -2.22. The number of halogens is 2. The minimum atomic E-state index is -0.924. The molecule has 0 aromatic heterocycles. The number of hydrogen-bond acceptors (Lipinski definition) is 5. The van der Waals surface area contributed by atoms with Gasteiger partial charge in [0.1, 0.15) is 11.7 Å². The van der Waals surface area contributed by atoms with Gasteiger partial charge in [0.15, 0.2) is 6.61 Å². The molecular weight excluding hydrogens is 331 g/mol. The van der Waals surface area contributed by atoms with E-state index in [4.69, 9.17) is 16.3 Å². The van der Waals surface area contributed by atoms with Crippen LogP contribution in [0.2, 0.25) is 5.02 Å². The highest BCUT2D eigenvalue weighted by Gasteiger charge is 2.54. The molecule has 0 spiro atoms. The van der Waals surface area contributed by atoms with Gasteiger partial charge >= 0.3 is 5.97 Å². The third kappa shape index (κ3) is 4.16. The lowest BCUT2D eigenvalue weighted by molar-refractivity contribution is -0.497. The van der Waals surface area contributed by atoms with Gasteiger partial charge in [0.25, 0.3) is 5.91 Å². The molecule has 1 fully saturated rings. The zero-order valence-corrected chi connectivity index (χ0v) is 13.0. The number of amides is 1. The van der Waals surface area contributed by atoms with E-state index >= 15 is 0 Å². The molecule has 7 nitrogen and oxygen atoms in total. The molecule has 124 valence electrons. The van der Waals surface area contributed by atoms with Gasteiger partial charge in [0.2, 0.25) is 6.04 Å². The molecule has 0 saturated heterocycles. The van der Waals surface area contributed by atoms with Gasteiger partial charge in [0, 0.05) is 35.5 Å². The molecule has 0 aliphatic heterocycles. The van der Waals surface area contributed by atoms with Crippen molar-refractivity contribution in [3.63, 3.8) is 0 Å². The molecule has 1 aliphatic rings. The van der Waals surface area contributed by atoms with Crippen molar-refractivity contribution in [2.75, 3.05) is 13.7 Å². The number of ether oxygens (including phenoxy) is 1. The van der Waals surface area contributed by atoms with Crippen molar-refractivity contribution >= 4 is 23.5 Å². The van der Waals surface area contributed by atoms with Crippen LogP contribution in [0.5, 0.6) is 0 Å². The van der Waals surface area contributed by atoms with Crippen molar-refractivity contribution in [3.8, 4) is 0 Å². The third-order valence-corrected chi connectivity index (χ3v) is 3.91. The van der Waals surface area contributed by atoms with E-state index in [1.165, 1.54) is 25.2 Å². The van der Waals surface area contributed by atoms with E-state index < -0.39 is 41.2 Å². The van der Waals surface area contributed by atoms with E-state index in [1.54, 1.807) is 0 Å². The van der Waals surface area contributed by atoms with Gasteiger partial charge in [0.05, 0.1) is 0 Å². The first-order chi connectivity index (χ1) is 10.8. The van der Waals surface area contributed by atoms with E-state index in [2.05, 4.69) is 0 Å². The summed E-state index contributed by atoms with van der Waals surface area (Å²) in [4.78, 5) is 34.5. The summed E-state index contributed by atoms with van der Waals surface area (Å²) < 4.78 is 18.4. The molecule has 0 radical (unpaired) electrons. The molecule has 23 heavy (non-hydrogen) atoms. The molecular formula is C14H14ClFN2O5. The number of carbonyl (C=O) groups excluding carboxylic acids is 2. The highest BCUT2D eigenvalue weighted by atomic mass is 35.5. The van der Waals surface area contributed by atoms with Gasteiger partial charge in [-0.1, -0.05) is 17.7 Å². The Balaban J connectivity index is 1.84. The van der Waals surface area contributed by atoms with Crippen molar-refractivity contribution in [1.82, 2.24) is 4.90 Å². The quantitative estimate of drug-likeness (QED) is 0.444. The zero-order valence-electron chi connectivity index (χ0n) is 12.2. The van der Waals surface area contributed by atoms with Crippen LogP contribution in [0.1, 0.15) is 12.0 Å².